The molecule has 0 bridgehead atoms. The molecule has 0 aromatic heterocycles. The van der Waals surface area contributed by atoms with Crippen LogP contribution in [0.4, 0.5) is 18.9 Å². The van der Waals surface area contributed by atoms with Gasteiger partial charge in [-0.05, 0) is 24.6 Å². The Labute approximate surface area is 121 Å². The third-order valence-corrected chi connectivity index (χ3v) is 4.70. The first kappa shape index (κ1) is 17.1. The van der Waals surface area contributed by atoms with Crippen LogP contribution in [-0.4, -0.2) is 26.5 Å². The third kappa shape index (κ3) is 5.20. The predicted molar refractivity (Wildman–Crippen MR) is 73.9 cm³/mol. The van der Waals surface area contributed by atoms with E-state index in [2.05, 4.69) is 5.32 Å². The van der Waals surface area contributed by atoms with Crippen LogP contribution in [0.2, 0.25) is 5.02 Å². The monoisotopic (exact) mass is 329 g/mol. The summed E-state index contributed by atoms with van der Waals surface area (Å²) in [5, 5.41) is 2.60. The van der Waals surface area contributed by atoms with Crippen LogP contribution in [0, 0.1) is 0 Å². The summed E-state index contributed by atoms with van der Waals surface area (Å²) < 4.78 is 60.9. The summed E-state index contributed by atoms with van der Waals surface area (Å²) >= 11 is 5.56. The van der Waals surface area contributed by atoms with E-state index in [1.54, 1.807) is 0 Å². The van der Waals surface area contributed by atoms with E-state index in [1.165, 1.54) is 19.1 Å². The lowest BCUT2D eigenvalue weighted by Gasteiger charge is -2.14. The Kier molecular flexibility index (Phi) is 5.70. The van der Waals surface area contributed by atoms with Gasteiger partial charge in [-0.15, -0.1) is 0 Å². The second-order valence-electron chi connectivity index (χ2n) is 4.20. The van der Waals surface area contributed by atoms with E-state index in [4.69, 9.17) is 11.6 Å². The van der Waals surface area contributed by atoms with Crippen molar-refractivity contribution >= 4 is 27.1 Å². The molecule has 0 aliphatic heterocycles. The van der Waals surface area contributed by atoms with Crippen molar-refractivity contribution in [1.29, 1.82) is 0 Å². The lowest BCUT2D eigenvalue weighted by molar-refractivity contribution is -0.136. The molecule has 0 atom stereocenters. The fraction of sp³-hybridized carbons (Fsp3) is 0.500. The molecule has 0 unspecified atom stereocenters. The van der Waals surface area contributed by atoms with Crippen molar-refractivity contribution < 1.29 is 21.6 Å². The minimum Gasteiger partial charge on any atom is -0.385 e. The van der Waals surface area contributed by atoms with Crippen LogP contribution in [0.15, 0.2) is 18.2 Å². The summed E-state index contributed by atoms with van der Waals surface area (Å²) in [4.78, 5) is 0. The molecule has 1 aromatic rings. The molecule has 1 rings (SSSR count). The highest BCUT2D eigenvalue weighted by Crippen LogP contribution is 2.36. The fourth-order valence-electron chi connectivity index (χ4n) is 1.56. The first-order chi connectivity index (χ1) is 9.15. The maximum absolute atomic E-state index is 12.8. The van der Waals surface area contributed by atoms with E-state index in [0.29, 0.717) is 0 Å². The van der Waals surface area contributed by atoms with E-state index in [9.17, 15) is 21.6 Å². The van der Waals surface area contributed by atoms with Crippen LogP contribution in [0.1, 0.15) is 18.9 Å². The van der Waals surface area contributed by atoms with Gasteiger partial charge in [0.1, 0.15) is 9.84 Å². The minimum absolute atomic E-state index is 0.00330. The fourth-order valence-corrected chi connectivity index (χ4v) is 2.61. The molecule has 0 aliphatic rings. The third-order valence-electron chi connectivity index (χ3n) is 2.67. The van der Waals surface area contributed by atoms with Crippen LogP contribution in [-0.2, 0) is 16.0 Å². The largest absolute Gasteiger partial charge is 0.418 e. The van der Waals surface area contributed by atoms with Gasteiger partial charge in [0, 0.05) is 23.0 Å². The zero-order valence-corrected chi connectivity index (χ0v) is 12.4. The van der Waals surface area contributed by atoms with E-state index in [0.717, 1.165) is 6.07 Å². The van der Waals surface area contributed by atoms with Gasteiger partial charge < -0.3 is 5.32 Å². The van der Waals surface area contributed by atoms with Gasteiger partial charge in [-0.1, -0.05) is 18.5 Å². The zero-order valence-electron chi connectivity index (χ0n) is 10.8. The summed E-state index contributed by atoms with van der Waals surface area (Å²) in [7, 11) is -3.10. The Hall–Kier alpha value is -0.950. The number of benzene rings is 1. The Bertz CT molecular complexity index is 558. The van der Waals surface area contributed by atoms with Crippen molar-refractivity contribution in [3.63, 3.8) is 0 Å². The molecule has 1 aromatic carbocycles. The summed E-state index contributed by atoms with van der Waals surface area (Å²) in [5.74, 6) is -0.0206. The van der Waals surface area contributed by atoms with Gasteiger partial charge in [-0.3, -0.25) is 0 Å². The molecule has 0 fully saturated rings. The smallest absolute Gasteiger partial charge is 0.385 e. The number of nitrogens with one attached hydrogen (secondary N) is 1. The number of alkyl halides is 3. The summed E-state index contributed by atoms with van der Waals surface area (Å²) in [6, 6.07) is 3.42. The molecule has 0 radical (unpaired) electrons. The normalized spacial score (nSPS) is 12.4. The van der Waals surface area contributed by atoms with E-state index in [1.807, 2.05) is 0 Å². The highest BCUT2D eigenvalue weighted by atomic mass is 35.5. The highest BCUT2D eigenvalue weighted by Gasteiger charge is 2.33. The van der Waals surface area contributed by atoms with Crippen molar-refractivity contribution in [3.05, 3.63) is 28.8 Å². The average Bonchev–Trinajstić information content (AvgIpc) is 2.35. The molecule has 114 valence electrons. The lowest BCUT2D eigenvalue weighted by atomic mass is 10.1. The Morgan fingerprint density at radius 3 is 2.50 bits per heavy atom. The topological polar surface area (TPSA) is 46.2 Å². The number of hydrogen-bond donors (Lipinski definition) is 1. The molecule has 1 N–H and O–H groups in total. The maximum Gasteiger partial charge on any atom is 0.418 e. The molecule has 20 heavy (non-hydrogen) atoms. The molecule has 0 saturated heterocycles. The van der Waals surface area contributed by atoms with Crippen LogP contribution < -0.4 is 5.32 Å². The van der Waals surface area contributed by atoms with E-state index >= 15 is 0 Å². The van der Waals surface area contributed by atoms with Crippen molar-refractivity contribution in [2.45, 2.75) is 19.5 Å². The highest BCUT2D eigenvalue weighted by molar-refractivity contribution is 7.91. The van der Waals surface area contributed by atoms with E-state index < -0.39 is 21.6 Å². The van der Waals surface area contributed by atoms with Crippen molar-refractivity contribution in [3.8, 4) is 0 Å². The van der Waals surface area contributed by atoms with Crippen LogP contribution in [0.25, 0.3) is 0 Å². The Morgan fingerprint density at radius 1 is 1.30 bits per heavy atom. The van der Waals surface area contributed by atoms with Gasteiger partial charge >= 0.3 is 6.18 Å². The number of halogens is 4. The average molecular weight is 330 g/mol. The van der Waals surface area contributed by atoms with Crippen LogP contribution >= 0.6 is 11.6 Å². The van der Waals surface area contributed by atoms with Gasteiger partial charge in [0.05, 0.1) is 11.3 Å². The van der Waals surface area contributed by atoms with Crippen molar-refractivity contribution in [1.82, 2.24) is 0 Å². The molecule has 8 heteroatoms. The molecule has 0 spiro atoms. The molecular weight excluding hydrogens is 315 g/mol. The summed E-state index contributed by atoms with van der Waals surface area (Å²) in [5.41, 5.74) is -0.959. The first-order valence-electron chi connectivity index (χ1n) is 5.97. The second kappa shape index (κ2) is 6.67. The Balaban J connectivity index is 2.69. The first-order valence-corrected chi connectivity index (χ1v) is 8.16. The molecule has 3 nitrogen and oxygen atoms in total. The lowest BCUT2D eigenvalue weighted by Crippen LogP contribution is -2.15. The molecular formula is C12H15ClF3NO2S. The maximum atomic E-state index is 12.8. The number of sulfone groups is 1. The van der Waals surface area contributed by atoms with Gasteiger partial charge in [0.2, 0.25) is 0 Å². The number of anilines is 1. The number of hydrogen-bond acceptors (Lipinski definition) is 3. The quantitative estimate of drug-likeness (QED) is 0.811. The number of rotatable bonds is 6. The standard InChI is InChI=1S/C12H15ClF3NO2S/c1-2-20(18,19)7-3-6-17-11-5-4-9(13)8-10(11)12(14,15)16/h4-5,8,17H,2-3,6-7H2,1H3. The Morgan fingerprint density at radius 2 is 1.95 bits per heavy atom. The van der Waals surface area contributed by atoms with Gasteiger partial charge in [-0.2, -0.15) is 13.2 Å². The SMILES string of the molecule is CCS(=O)(=O)CCCNc1ccc(Cl)cc1C(F)(F)F. The van der Waals surface area contributed by atoms with Crippen LogP contribution in [0.5, 0.6) is 0 Å². The second-order valence-corrected chi connectivity index (χ2v) is 7.11. The van der Waals surface area contributed by atoms with Gasteiger partial charge in [0.15, 0.2) is 0 Å². The van der Waals surface area contributed by atoms with Crippen molar-refractivity contribution in [2.75, 3.05) is 23.4 Å². The van der Waals surface area contributed by atoms with E-state index in [-0.39, 0.29) is 35.2 Å². The molecule has 0 saturated carbocycles. The molecule has 0 heterocycles. The zero-order chi connectivity index (χ0) is 15.4. The van der Waals surface area contributed by atoms with Gasteiger partial charge in [0.25, 0.3) is 0 Å². The minimum atomic E-state index is -4.51. The summed E-state index contributed by atoms with van der Waals surface area (Å²) in [6.07, 6.45) is -4.27. The van der Waals surface area contributed by atoms with Crippen LogP contribution in [0.3, 0.4) is 0 Å². The van der Waals surface area contributed by atoms with Gasteiger partial charge in [-0.25, -0.2) is 8.42 Å². The van der Waals surface area contributed by atoms with Crippen molar-refractivity contribution in [2.24, 2.45) is 0 Å². The molecule has 0 aliphatic carbocycles. The summed E-state index contributed by atoms with van der Waals surface area (Å²) in [6.45, 7) is 1.67. The molecule has 0 amide bonds. The predicted octanol–water partition coefficient (Wildman–Crippen LogP) is 3.60.